The van der Waals surface area contributed by atoms with Crippen LogP contribution < -0.4 is 9.47 Å². The Kier molecular flexibility index (Phi) is 5.55. The molecule has 0 aromatic heterocycles. The molecule has 2 heterocycles. The molecular formula is C22H28N2O4S. The van der Waals surface area contributed by atoms with Gasteiger partial charge in [-0.05, 0) is 66.8 Å². The molecule has 2 aromatic carbocycles. The summed E-state index contributed by atoms with van der Waals surface area (Å²) >= 11 is 0. The van der Waals surface area contributed by atoms with Crippen LogP contribution in [-0.2, 0) is 16.4 Å². The lowest BCUT2D eigenvalue weighted by Crippen LogP contribution is -2.48. The molecule has 2 atom stereocenters. The van der Waals surface area contributed by atoms with Crippen molar-refractivity contribution < 1.29 is 17.9 Å². The number of ether oxygens (including phenoxy) is 2. The van der Waals surface area contributed by atoms with Crippen LogP contribution in [0.2, 0.25) is 0 Å². The van der Waals surface area contributed by atoms with Gasteiger partial charge in [0.05, 0.1) is 19.1 Å². The second kappa shape index (κ2) is 7.97. The molecule has 4 rings (SSSR count). The van der Waals surface area contributed by atoms with E-state index in [2.05, 4.69) is 17.0 Å². The molecule has 0 bridgehead atoms. The summed E-state index contributed by atoms with van der Waals surface area (Å²) in [7, 11) is 1.41. The summed E-state index contributed by atoms with van der Waals surface area (Å²) in [5.74, 6) is 1.53. The van der Waals surface area contributed by atoms with Crippen LogP contribution in [0, 0.1) is 0 Å². The second-order valence-corrected chi connectivity index (χ2v) is 9.74. The first-order valence-electron chi connectivity index (χ1n) is 9.97. The molecule has 0 aliphatic carbocycles. The lowest BCUT2D eigenvalue weighted by atomic mass is 9.85. The average molecular weight is 417 g/mol. The van der Waals surface area contributed by atoms with Crippen molar-refractivity contribution in [1.82, 2.24) is 9.21 Å². The molecular weight excluding hydrogens is 388 g/mol. The minimum atomic E-state index is -3.55. The van der Waals surface area contributed by atoms with E-state index in [4.69, 9.17) is 9.47 Å². The second-order valence-electron chi connectivity index (χ2n) is 7.74. The van der Waals surface area contributed by atoms with Crippen LogP contribution in [0.5, 0.6) is 11.5 Å². The molecule has 1 saturated heterocycles. The number of nitrogens with zero attached hydrogens (tertiary/aromatic N) is 2. The van der Waals surface area contributed by atoms with E-state index in [0.29, 0.717) is 10.6 Å². The van der Waals surface area contributed by atoms with Crippen molar-refractivity contribution in [1.29, 1.82) is 0 Å². The number of fused-ring (bicyclic) bond motifs is 3. The van der Waals surface area contributed by atoms with E-state index in [9.17, 15) is 8.42 Å². The van der Waals surface area contributed by atoms with E-state index < -0.39 is 10.0 Å². The molecule has 1 fully saturated rings. The first kappa shape index (κ1) is 20.2. The first-order chi connectivity index (χ1) is 13.9. The third-order valence-electron chi connectivity index (χ3n) is 6.31. The quantitative estimate of drug-likeness (QED) is 0.750. The molecule has 7 heteroatoms. The van der Waals surface area contributed by atoms with Crippen LogP contribution in [0.3, 0.4) is 0 Å². The number of piperidine rings is 1. The van der Waals surface area contributed by atoms with Crippen LogP contribution in [0.1, 0.15) is 30.0 Å². The summed E-state index contributed by atoms with van der Waals surface area (Å²) in [5.41, 5.74) is 2.61. The first-order valence-corrected chi connectivity index (χ1v) is 11.4. The van der Waals surface area contributed by atoms with Crippen LogP contribution in [0.15, 0.2) is 47.4 Å². The Hall–Kier alpha value is -2.09. The number of rotatable bonds is 5. The SMILES string of the molecule is COc1ccc(S(=O)(=O)N(C)[C@@H]2CCN3CCc4cc(OC)ccc4[C@@H]3C2)cc1. The highest BCUT2D eigenvalue weighted by Crippen LogP contribution is 2.39. The molecule has 0 amide bonds. The number of methoxy groups -OCH3 is 2. The van der Waals surface area contributed by atoms with Gasteiger partial charge < -0.3 is 9.47 Å². The Morgan fingerprint density at radius 2 is 1.69 bits per heavy atom. The van der Waals surface area contributed by atoms with Crippen molar-refractivity contribution in [3.05, 3.63) is 53.6 Å². The zero-order valence-electron chi connectivity index (χ0n) is 17.2. The number of benzene rings is 2. The zero-order valence-corrected chi connectivity index (χ0v) is 18.0. The van der Waals surface area contributed by atoms with Gasteiger partial charge in [-0.15, -0.1) is 0 Å². The topological polar surface area (TPSA) is 59.1 Å². The number of sulfonamides is 1. The maximum atomic E-state index is 13.2. The highest BCUT2D eigenvalue weighted by Gasteiger charge is 2.38. The molecule has 2 aliphatic rings. The third kappa shape index (κ3) is 3.74. The fraction of sp³-hybridized carbons (Fsp3) is 0.455. The summed E-state index contributed by atoms with van der Waals surface area (Å²) in [6, 6.07) is 13.1. The molecule has 156 valence electrons. The Morgan fingerprint density at radius 3 is 2.38 bits per heavy atom. The minimum absolute atomic E-state index is 0.0311. The fourth-order valence-electron chi connectivity index (χ4n) is 4.54. The van der Waals surface area contributed by atoms with Crippen LogP contribution in [-0.4, -0.2) is 58.0 Å². The molecule has 0 saturated carbocycles. The minimum Gasteiger partial charge on any atom is -0.497 e. The van der Waals surface area contributed by atoms with Crippen molar-refractivity contribution in [3.63, 3.8) is 0 Å². The van der Waals surface area contributed by atoms with Gasteiger partial charge in [0.25, 0.3) is 0 Å². The predicted molar refractivity (Wildman–Crippen MR) is 112 cm³/mol. The van der Waals surface area contributed by atoms with E-state index >= 15 is 0 Å². The van der Waals surface area contributed by atoms with Crippen molar-refractivity contribution in [2.45, 2.75) is 36.2 Å². The third-order valence-corrected chi connectivity index (χ3v) is 8.24. The maximum absolute atomic E-state index is 13.2. The molecule has 0 N–H and O–H groups in total. The van der Waals surface area contributed by atoms with Crippen molar-refractivity contribution in [2.24, 2.45) is 0 Å². The summed E-state index contributed by atoms with van der Waals surface area (Å²) in [6.07, 6.45) is 2.65. The van der Waals surface area contributed by atoms with Gasteiger partial charge in [-0.1, -0.05) is 6.07 Å². The Bertz CT molecular complexity index is 975. The highest BCUT2D eigenvalue weighted by molar-refractivity contribution is 7.89. The zero-order chi connectivity index (χ0) is 20.6. The standard InChI is InChI=1S/C22H28N2O4S/c1-23(29(25,26)20-7-4-18(27-2)5-8-20)17-11-13-24-12-10-16-14-19(28-3)6-9-21(16)22(24)15-17/h4-9,14,17,22H,10-13,15H2,1-3H3/t17-,22+/m1/s1. The van der Waals surface area contributed by atoms with Gasteiger partial charge in [0.1, 0.15) is 11.5 Å². The van der Waals surface area contributed by atoms with E-state index in [0.717, 1.165) is 38.1 Å². The van der Waals surface area contributed by atoms with Gasteiger partial charge >= 0.3 is 0 Å². The van der Waals surface area contributed by atoms with Crippen LogP contribution >= 0.6 is 0 Å². The van der Waals surface area contributed by atoms with Gasteiger partial charge in [-0.25, -0.2) is 8.42 Å². The molecule has 0 unspecified atom stereocenters. The molecule has 2 aliphatic heterocycles. The van der Waals surface area contributed by atoms with Gasteiger partial charge in [0, 0.05) is 32.2 Å². The van der Waals surface area contributed by atoms with Gasteiger partial charge in [-0.2, -0.15) is 4.31 Å². The van der Waals surface area contributed by atoms with E-state index in [1.54, 1.807) is 49.8 Å². The van der Waals surface area contributed by atoms with Crippen LogP contribution in [0.25, 0.3) is 0 Å². The molecule has 2 aromatic rings. The smallest absolute Gasteiger partial charge is 0.243 e. The largest absolute Gasteiger partial charge is 0.497 e. The lowest BCUT2D eigenvalue weighted by molar-refractivity contribution is 0.0968. The maximum Gasteiger partial charge on any atom is 0.243 e. The van der Waals surface area contributed by atoms with Gasteiger partial charge in [-0.3, -0.25) is 4.90 Å². The molecule has 0 spiro atoms. The summed E-state index contributed by atoms with van der Waals surface area (Å²) in [4.78, 5) is 2.79. The number of hydrogen-bond acceptors (Lipinski definition) is 5. The number of hydrogen-bond donors (Lipinski definition) is 0. The van der Waals surface area contributed by atoms with Gasteiger partial charge in [0.2, 0.25) is 10.0 Å². The summed E-state index contributed by atoms with van der Waals surface area (Å²) in [6.45, 7) is 1.91. The van der Waals surface area contributed by atoms with E-state index in [1.807, 2.05) is 6.07 Å². The van der Waals surface area contributed by atoms with E-state index in [-0.39, 0.29) is 12.1 Å². The summed E-state index contributed by atoms with van der Waals surface area (Å²) < 4.78 is 38.4. The van der Waals surface area contributed by atoms with E-state index in [1.165, 1.54) is 11.1 Å². The normalized spacial score (nSPS) is 22.1. The predicted octanol–water partition coefficient (Wildman–Crippen LogP) is 3.09. The van der Waals surface area contributed by atoms with Crippen LogP contribution in [0.4, 0.5) is 0 Å². The lowest BCUT2D eigenvalue weighted by Gasteiger charge is -2.45. The molecule has 0 radical (unpaired) electrons. The highest BCUT2D eigenvalue weighted by atomic mass is 32.2. The van der Waals surface area contributed by atoms with Gasteiger partial charge in [0.15, 0.2) is 0 Å². The van der Waals surface area contributed by atoms with Crippen molar-refractivity contribution in [2.75, 3.05) is 34.4 Å². The molecule has 29 heavy (non-hydrogen) atoms. The average Bonchev–Trinajstić information content (AvgIpc) is 2.77. The van der Waals surface area contributed by atoms with Crippen molar-refractivity contribution >= 4 is 10.0 Å². The summed E-state index contributed by atoms with van der Waals surface area (Å²) in [5, 5.41) is 0. The fourth-order valence-corrected chi connectivity index (χ4v) is 5.94. The Balaban J connectivity index is 1.56. The molecule has 6 nitrogen and oxygen atoms in total. The monoisotopic (exact) mass is 416 g/mol. The Morgan fingerprint density at radius 1 is 1.00 bits per heavy atom. The van der Waals surface area contributed by atoms with Crippen molar-refractivity contribution in [3.8, 4) is 11.5 Å². The Labute approximate surface area is 173 Å².